The Morgan fingerprint density at radius 2 is 1.48 bits per heavy atom. The maximum atomic E-state index is 12.7. The number of nitrogens with two attached hydrogens (primary N) is 1. The Bertz CT molecular complexity index is 405. The van der Waals surface area contributed by atoms with Gasteiger partial charge in [-0.15, -0.1) is 0 Å². The number of ketones is 1. The van der Waals surface area contributed by atoms with Crippen molar-refractivity contribution in [1.82, 2.24) is 0 Å². The molecule has 0 saturated heterocycles. The minimum atomic E-state index is -0.702. The molecule has 0 bridgehead atoms. The summed E-state index contributed by atoms with van der Waals surface area (Å²) in [6.45, 7) is 4.53. The van der Waals surface area contributed by atoms with E-state index in [-0.39, 0.29) is 29.6 Å². The third-order valence-electron chi connectivity index (χ3n) is 6.01. The zero-order chi connectivity index (χ0) is 17.0. The highest BCUT2D eigenvalue weighted by atomic mass is 16.4. The summed E-state index contributed by atoms with van der Waals surface area (Å²) in [7, 11) is 0. The van der Waals surface area contributed by atoms with Crippen molar-refractivity contribution in [3.63, 3.8) is 0 Å². The third-order valence-corrected chi connectivity index (χ3v) is 6.01. The van der Waals surface area contributed by atoms with Crippen LogP contribution in [0.5, 0.6) is 0 Å². The number of carbonyl (C=O) groups excluding carboxylic acids is 1. The highest BCUT2D eigenvalue weighted by Gasteiger charge is 2.36. The number of carbonyl (C=O) groups is 2. The lowest BCUT2D eigenvalue weighted by Crippen LogP contribution is -2.44. The summed E-state index contributed by atoms with van der Waals surface area (Å²) >= 11 is 0. The summed E-state index contributed by atoms with van der Waals surface area (Å²) in [5.74, 6) is 1.15. The van der Waals surface area contributed by atoms with Crippen LogP contribution in [0.2, 0.25) is 0 Å². The Labute approximate surface area is 140 Å². The summed E-state index contributed by atoms with van der Waals surface area (Å²) in [5.41, 5.74) is 6.26. The van der Waals surface area contributed by atoms with Gasteiger partial charge in [0.15, 0.2) is 5.78 Å². The first kappa shape index (κ1) is 18.4. The van der Waals surface area contributed by atoms with Crippen molar-refractivity contribution in [2.45, 2.75) is 77.7 Å². The second-order valence-corrected chi connectivity index (χ2v) is 8.23. The topological polar surface area (TPSA) is 80.4 Å². The van der Waals surface area contributed by atoms with E-state index < -0.39 is 5.97 Å². The number of aliphatic carboxylic acids is 1. The average Bonchev–Trinajstić information content (AvgIpc) is 2.53. The van der Waals surface area contributed by atoms with Crippen LogP contribution in [0.25, 0.3) is 0 Å². The monoisotopic (exact) mass is 323 g/mol. The molecule has 0 heterocycles. The molecule has 0 aromatic carbocycles. The molecular formula is C19H33NO3. The van der Waals surface area contributed by atoms with Crippen molar-refractivity contribution >= 4 is 11.8 Å². The minimum absolute atomic E-state index is 0.144. The number of hydrogen-bond acceptors (Lipinski definition) is 3. The SMILES string of the molecule is CC(C)CC1CCC(C(=O)C(N)C2CCC(C(=O)O)CC2)CC1. The molecule has 0 aromatic rings. The summed E-state index contributed by atoms with van der Waals surface area (Å²) in [6.07, 6.45) is 8.48. The predicted molar refractivity (Wildman–Crippen MR) is 91.0 cm³/mol. The maximum Gasteiger partial charge on any atom is 0.306 e. The van der Waals surface area contributed by atoms with Crippen LogP contribution in [0.3, 0.4) is 0 Å². The second-order valence-electron chi connectivity index (χ2n) is 8.23. The van der Waals surface area contributed by atoms with E-state index in [0.29, 0.717) is 12.8 Å². The van der Waals surface area contributed by atoms with Crippen LogP contribution in [0.4, 0.5) is 0 Å². The normalized spacial score (nSPS) is 33.4. The van der Waals surface area contributed by atoms with Gasteiger partial charge in [-0.2, -0.15) is 0 Å². The summed E-state index contributed by atoms with van der Waals surface area (Å²) in [4.78, 5) is 23.7. The number of carboxylic acid groups (broad SMARTS) is 1. The standard InChI is InChI=1S/C19H33NO3/c1-12(2)11-13-3-5-15(6-4-13)18(21)17(20)14-7-9-16(10-8-14)19(22)23/h12-17H,3-11,20H2,1-2H3,(H,22,23). The van der Waals surface area contributed by atoms with Crippen molar-refractivity contribution < 1.29 is 14.7 Å². The molecule has 2 saturated carbocycles. The van der Waals surface area contributed by atoms with Crippen molar-refractivity contribution in [3.05, 3.63) is 0 Å². The summed E-state index contributed by atoms with van der Waals surface area (Å²) in [5, 5.41) is 9.07. The summed E-state index contributed by atoms with van der Waals surface area (Å²) < 4.78 is 0. The lowest BCUT2D eigenvalue weighted by Gasteiger charge is -2.34. The quantitative estimate of drug-likeness (QED) is 0.782. The lowest BCUT2D eigenvalue weighted by molar-refractivity contribution is -0.143. The Hall–Kier alpha value is -0.900. The zero-order valence-corrected chi connectivity index (χ0v) is 14.7. The van der Waals surface area contributed by atoms with Crippen LogP contribution in [0.1, 0.15) is 71.6 Å². The molecule has 3 N–H and O–H groups in total. The van der Waals surface area contributed by atoms with Crippen LogP contribution >= 0.6 is 0 Å². The first-order valence-electron chi connectivity index (χ1n) is 9.40. The molecule has 2 aliphatic carbocycles. The van der Waals surface area contributed by atoms with Gasteiger partial charge in [-0.1, -0.05) is 13.8 Å². The Morgan fingerprint density at radius 3 is 1.96 bits per heavy atom. The molecule has 0 radical (unpaired) electrons. The predicted octanol–water partition coefficient (Wildman–Crippen LogP) is 3.63. The van der Waals surface area contributed by atoms with Crippen LogP contribution in [0.15, 0.2) is 0 Å². The van der Waals surface area contributed by atoms with E-state index in [2.05, 4.69) is 13.8 Å². The molecule has 0 spiro atoms. The zero-order valence-electron chi connectivity index (χ0n) is 14.7. The molecule has 4 heteroatoms. The van der Waals surface area contributed by atoms with Gasteiger partial charge < -0.3 is 10.8 Å². The van der Waals surface area contributed by atoms with Gasteiger partial charge in [0.25, 0.3) is 0 Å². The molecule has 0 aromatic heterocycles. The van der Waals surface area contributed by atoms with E-state index in [4.69, 9.17) is 10.8 Å². The van der Waals surface area contributed by atoms with Gasteiger partial charge >= 0.3 is 5.97 Å². The molecule has 1 atom stereocenters. The van der Waals surface area contributed by atoms with Gasteiger partial charge in [-0.25, -0.2) is 0 Å². The second kappa shape index (κ2) is 8.27. The minimum Gasteiger partial charge on any atom is -0.481 e. The van der Waals surface area contributed by atoms with Gasteiger partial charge in [-0.3, -0.25) is 9.59 Å². The number of Topliss-reactive ketones (excluding diaryl/α,β-unsaturated/α-hetero) is 1. The Morgan fingerprint density at radius 1 is 0.957 bits per heavy atom. The fourth-order valence-corrected chi connectivity index (χ4v) is 4.58. The molecule has 2 fully saturated rings. The molecule has 0 amide bonds. The van der Waals surface area contributed by atoms with Crippen LogP contribution in [-0.4, -0.2) is 22.9 Å². The van der Waals surface area contributed by atoms with Crippen molar-refractivity contribution in [2.24, 2.45) is 35.3 Å². The molecule has 4 nitrogen and oxygen atoms in total. The highest BCUT2D eigenvalue weighted by Crippen LogP contribution is 2.36. The fraction of sp³-hybridized carbons (Fsp3) is 0.895. The van der Waals surface area contributed by atoms with E-state index in [1.54, 1.807) is 0 Å². The number of rotatable bonds is 6. The average molecular weight is 323 g/mol. The van der Waals surface area contributed by atoms with E-state index in [1.807, 2.05) is 0 Å². The Balaban J connectivity index is 1.79. The first-order chi connectivity index (χ1) is 10.9. The fourth-order valence-electron chi connectivity index (χ4n) is 4.58. The van der Waals surface area contributed by atoms with Gasteiger partial charge in [-0.05, 0) is 75.5 Å². The maximum absolute atomic E-state index is 12.7. The molecule has 132 valence electrons. The molecule has 2 aliphatic rings. The van der Waals surface area contributed by atoms with Crippen LogP contribution in [-0.2, 0) is 9.59 Å². The third kappa shape index (κ3) is 5.03. The Kier molecular flexibility index (Phi) is 6.63. The largest absolute Gasteiger partial charge is 0.481 e. The summed E-state index contributed by atoms with van der Waals surface area (Å²) in [6, 6.07) is -0.378. The molecule has 1 unspecified atom stereocenters. The van der Waals surface area contributed by atoms with Crippen molar-refractivity contribution in [3.8, 4) is 0 Å². The van der Waals surface area contributed by atoms with Crippen LogP contribution in [0, 0.1) is 29.6 Å². The van der Waals surface area contributed by atoms with Crippen LogP contribution < -0.4 is 5.73 Å². The number of carboxylic acids is 1. The number of hydrogen-bond donors (Lipinski definition) is 2. The van der Waals surface area contributed by atoms with E-state index >= 15 is 0 Å². The van der Waals surface area contributed by atoms with Gasteiger partial charge in [0.1, 0.15) is 0 Å². The van der Waals surface area contributed by atoms with E-state index in [1.165, 1.54) is 6.42 Å². The van der Waals surface area contributed by atoms with E-state index in [9.17, 15) is 9.59 Å². The van der Waals surface area contributed by atoms with E-state index in [0.717, 1.165) is 50.4 Å². The van der Waals surface area contributed by atoms with Gasteiger partial charge in [0.2, 0.25) is 0 Å². The lowest BCUT2D eigenvalue weighted by atomic mass is 9.72. The molecule has 2 rings (SSSR count). The van der Waals surface area contributed by atoms with Gasteiger partial charge in [0.05, 0.1) is 12.0 Å². The molecule has 23 heavy (non-hydrogen) atoms. The molecular weight excluding hydrogens is 290 g/mol. The first-order valence-corrected chi connectivity index (χ1v) is 9.40. The van der Waals surface area contributed by atoms with Gasteiger partial charge in [0, 0.05) is 5.92 Å². The molecule has 0 aliphatic heterocycles. The van der Waals surface area contributed by atoms with Crippen molar-refractivity contribution in [1.29, 1.82) is 0 Å². The van der Waals surface area contributed by atoms with Crippen molar-refractivity contribution in [2.75, 3.05) is 0 Å². The highest BCUT2D eigenvalue weighted by molar-refractivity contribution is 5.86. The smallest absolute Gasteiger partial charge is 0.306 e.